The number of aromatic hydroxyl groups is 1. The minimum Gasteiger partial charge on any atom is -0.508 e. The van der Waals surface area contributed by atoms with E-state index in [0.29, 0.717) is 6.42 Å². The Morgan fingerprint density at radius 2 is 1.88 bits per heavy atom. The van der Waals surface area contributed by atoms with Crippen molar-refractivity contribution < 1.29 is 9.90 Å². The first-order chi connectivity index (χ1) is 11.6. The third-order valence-corrected chi connectivity index (χ3v) is 4.57. The van der Waals surface area contributed by atoms with Gasteiger partial charge < -0.3 is 14.9 Å². The van der Waals surface area contributed by atoms with Crippen molar-refractivity contribution in [3.63, 3.8) is 0 Å². The van der Waals surface area contributed by atoms with E-state index in [0.717, 1.165) is 38.2 Å². The van der Waals surface area contributed by atoms with Gasteiger partial charge in [0, 0.05) is 31.9 Å². The van der Waals surface area contributed by atoms with Gasteiger partial charge in [0.25, 0.3) is 0 Å². The average molecular weight is 324 g/mol. The van der Waals surface area contributed by atoms with E-state index < -0.39 is 0 Å². The summed E-state index contributed by atoms with van der Waals surface area (Å²) in [5.74, 6) is 0.342. The van der Waals surface area contributed by atoms with Crippen LogP contribution in [0.25, 0.3) is 0 Å². The normalized spacial score (nSPS) is 15.2. The molecule has 1 N–H and O–H groups in total. The molecule has 1 fully saturated rings. The number of amides is 1. The molecule has 24 heavy (non-hydrogen) atoms. The highest BCUT2D eigenvalue weighted by molar-refractivity contribution is 5.79. The summed E-state index contributed by atoms with van der Waals surface area (Å²) in [6.07, 6.45) is 1.32. The molecule has 0 radical (unpaired) electrons. The van der Waals surface area contributed by atoms with Crippen molar-refractivity contribution >= 4 is 11.6 Å². The Labute approximate surface area is 143 Å². The summed E-state index contributed by atoms with van der Waals surface area (Å²) in [5.41, 5.74) is 3.40. The van der Waals surface area contributed by atoms with Gasteiger partial charge in [-0.1, -0.05) is 30.3 Å². The molecule has 0 bridgehead atoms. The molecule has 1 aliphatic rings. The molecular formula is C20H24N2O2. The topological polar surface area (TPSA) is 43.8 Å². The quantitative estimate of drug-likeness (QED) is 0.944. The number of phenolic OH excluding ortho intramolecular Hbond substituents is 1. The second kappa shape index (κ2) is 7.39. The van der Waals surface area contributed by atoms with Crippen molar-refractivity contribution in [2.45, 2.75) is 19.8 Å². The van der Waals surface area contributed by atoms with Crippen LogP contribution in [0, 0.1) is 6.92 Å². The molecule has 4 heteroatoms. The van der Waals surface area contributed by atoms with E-state index >= 15 is 0 Å². The maximum absolute atomic E-state index is 12.6. The summed E-state index contributed by atoms with van der Waals surface area (Å²) in [6, 6.07) is 15.4. The van der Waals surface area contributed by atoms with Crippen molar-refractivity contribution in [3.05, 3.63) is 59.7 Å². The number of nitrogens with zero attached hydrogens (tertiary/aromatic N) is 2. The molecule has 0 saturated carbocycles. The fraction of sp³-hybridized carbons (Fsp3) is 0.350. The molecule has 0 unspecified atom stereocenters. The largest absolute Gasteiger partial charge is 0.508 e. The highest BCUT2D eigenvalue weighted by Gasteiger charge is 2.20. The number of para-hydroxylation sites is 1. The van der Waals surface area contributed by atoms with E-state index in [2.05, 4.69) is 36.1 Å². The molecule has 0 aliphatic carbocycles. The Hall–Kier alpha value is -2.49. The zero-order valence-corrected chi connectivity index (χ0v) is 14.1. The molecule has 2 aromatic carbocycles. The van der Waals surface area contributed by atoms with Crippen LogP contribution in [-0.4, -0.2) is 42.1 Å². The first kappa shape index (κ1) is 16.4. The molecule has 3 rings (SSSR count). The van der Waals surface area contributed by atoms with Crippen LogP contribution < -0.4 is 4.90 Å². The molecule has 4 nitrogen and oxygen atoms in total. The van der Waals surface area contributed by atoms with Crippen LogP contribution in [0.4, 0.5) is 5.69 Å². The summed E-state index contributed by atoms with van der Waals surface area (Å²) in [4.78, 5) is 16.9. The Morgan fingerprint density at radius 1 is 1.04 bits per heavy atom. The Kier molecular flexibility index (Phi) is 5.04. The van der Waals surface area contributed by atoms with E-state index in [4.69, 9.17) is 0 Å². The average Bonchev–Trinajstić information content (AvgIpc) is 2.81. The van der Waals surface area contributed by atoms with Crippen LogP contribution in [0.15, 0.2) is 48.5 Å². The SMILES string of the molecule is Cc1ccccc1N1CCCN(C(=O)Cc2cccc(O)c2)CC1. The maximum Gasteiger partial charge on any atom is 0.227 e. The zero-order valence-electron chi connectivity index (χ0n) is 14.1. The number of phenols is 1. The van der Waals surface area contributed by atoms with Crippen molar-refractivity contribution in [2.24, 2.45) is 0 Å². The molecule has 126 valence electrons. The molecule has 0 atom stereocenters. The fourth-order valence-electron chi connectivity index (χ4n) is 3.28. The highest BCUT2D eigenvalue weighted by atomic mass is 16.3. The molecule has 1 amide bonds. The van der Waals surface area contributed by atoms with Crippen LogP contribution in [-0.2, 0) is 11.2 Å². The lowest BCUT2D eigenvalue weighted by Crippen LogP contribution is -2.36. The van der Waals surface area contributed by atoms with Crippen molar-refractivity contribution in [3.8, 4) is 5.75 Å². The molecule has 2 aromatic rings. The van der Waals surface area contributed by atoms with E-state index in [1.807, 2.05) is 11.0 Å². The number of anilines is 1. The van der Waals surface area contributed by atoms with E-state index in [1.54, 1.807) is 18.2 Å². The van der Waals surface area contributed by atoms with Crippen molar-refractivity contribution in [2.75, 3.05) is 31.1 Å². The summed E-state index contributed by atoms with van der Waals surface area (Å²) in [7, 11) is 0. The van der Waals surface area contributed by atoms with E-state index in [-0.39, 0.29) is 11.7 Å². The number of carbonyl (C=O) groups is 1. The first-order valence-corrected chi connectivity index (χ1v) is 8.50. The van der Waals surface area contributed by atoms with Gasteiger partial charge in [0.15, 0.2) is 0 Å². The highest BCUT2D eigenvalue weighted by Crippen LogP contribution is 2.21. The number of carbonyl (C=O) groups excluding carboxylic acids is 1. The van der Waals surface area contributed by atoms with Crippen molar-refractivity contribution in [1.29, 1.82) is 0 Å². The zero-order chi connectivity index (χ0) is 16.9. The van der Waals surface area contributed by atoms with Gasteiger partial charge in [0.1, 0.15) is 5.75 Å². The number of rotatable bonds is 3. The minimum absolute atomic E-state index is 0.132. The lowest BCUT2D eigenvalue weighted by atomic mass is 10.1. The molecule has 1 heterocycles. The minimum atomic E-state index is 0.132. The molecule has 1 aliphatic heterocycles. The predicted octanol–water partition coefficient (Wildman–Crippen LogP) is 2.98. The number of hydrogen-bond donors (Lipinski definition) is 1. The Bertz CT molecular complexity index is 714. The molecule has 0 aromatic heterocycles. The second-order valence-electron chi connectivity index (χ2n) is 6.35. The smallest absolute Gasteiger partial charge is 0.227 e. The van der Waals surface area contributed by atoms with Crippen LogP contribution in [0.5, 0.6) is 5.75 Å². The third-order valence-electron chi connectivity index (χ3n) is 4.57. The van der Waals surface area contributed by atoms with Gasteiger partial charge in [-0.05, 0) is 42.7 Å². The molecular weight excluding hydrogens is 300 g/mol. The van der Waals surface area contributed by atoms with Gasteiger partial charge in [-0.15, -0.1) is 0 Å². The molecule has 0 spiro atoms. The lowest BCUT2D eigenvalue weighted by molar-refractivity contribution is -0.130. The van der Waals surface area contributed by atoms with E-state index in [1.165, 1.54) is 11.3 Å². The summed E-state index contributed by atoms with van der Waals surface area (Å²) in [5, 5.41) is 9.54. The monoisotopic (exact) mass is 324 g/mol. The number of hydrogen-bond acceptors (Lipinski definition) is 3. The second-order valence-corrected chi connectivity index (χ2v) is 6.35. The summed E-state index contributed by atoms with van der Waals surface area (Å²) < 4.78 is 0. The third kappa shape index (κ3) is 3.88. The van der Waals surface area contributed by atoms with Gasteiger partial charge in [-0.3, -0.25) is 4.79 Å². The first-order valence-electron chi connectivity index (χ1n) is 8.50. The van der Waals surface area contributed by atoms with Crippen molar-refractivity contribution in [1.82, 2.24) is 4.90 Å². The fourth-order valence-corrected chi connectivity index (χ4v) is 3.28. The van der Waals surface area contributed by atoms with Crippen LogP contribution in [0.3, 0.4) is 0 Å². The summed E-state index contributed by atoms with van der Waals surface area (Å²) in [6.45, 7) is 5.49. The Balaban J connectivity index is 1.63. The van der Waals surface area contributed by atoms with E-state index in [9.17, 15) is 9.90 Å². The molecule has 1 saturated heterocycles. The summed E-state index contributed by atoms with van der Waals surface area (Å²) >= 11 is 0. The number of benzene rings is 2. The van der Waals surface area contributed by atoms with Gasteiger partial charge in [0.2, 0.25) is 5.91 Å². The van der Waals surface area contributed by atoms with Gasteiger partial charge in [0.05, 0.1) is 6.42 Å². The van der Waals surface area contributed by atoms with Crippen LogP contribution in [0.1, 0.15) is 17.5 Å². The van der Waals surface area contributed by atoms with Crippen LogP contribution in [0.2, 0.25) is 0 Å². The maximum atomic E-state index is 12.6. The number of aryl methyl sites for hydroxylation is 1. The Morgan fingerprint density at radius 3 is 2.67 bits per heavy atom. The lowest BCUT2D eigenvalue weighted by Gasteiger charge is -2.25. The van der Waals surface area contributed by atoms with Gasteiger partial charge in [-0.25, -0.2) is 0 Å². The van der Waals surface area contributed by atoms with Gasteiger partial charge >= 0.3 is 0 Å². The van der Waals surface area contributed by atoms with Gasteiger partial charge in [-0.2, -0.15) is 0 Å². The standard InChI is InChI=1S/C20H24N2O2/c1-16-6-2-3-9-19(16)21-10-5-11-22(13-12-21)20(24)15-17-7-4-8-18(23)14-17/h2-4,6-9,14,23H,5,10-13,15H2,1H3. The van der Waals surface area contributed by atoms with Crippen LogP contribution >= 0.6 is 0 Å². The predicted molar refractivity (Wildman–Crippen MR) is 96.4 cm³/mol.